The molecule has 0 bridgehead atoms. The van der Waals surface area contributed by atoms with Gasteiger partial charge in [0.15, 0.2) is 6.61 Å². The predicted octanol–water partition coefficient (Wildman–Crippen LogP) is 1.73. The molecule has 0 fully saturated rings. The lowest BCUT2D eigenvalue weighted by molar-refractivity contribution is -0.119. The van der Waals surface area contributed by atoms with Gasteiger partial charge in [-0.15, -0.1) is 11.3 Å². The summed E-state index contributed by atoms with van der Waals surface area (Å²) in [4.78, 5) is 68.0. The molecule has 10 nitrogen and oxygen atoms in total. The molecule has 0 unspecified atom stereocenters. The standard InChI is InChI=1S/C22H18N4O6S/c1-10-16-18(24-14-4-3-7-26(14)21(16)30)33-17(10)22(31)32-9-15(27)23-11-5-6-12-13(8-11)20(29)25(2)19(12)28/h5-6,8H,3-4,7,9H2,1-2H3,(H,23,27). The molecule has 11 heteroatoms. The summed E-state index contributed by atoms with van der Waals surface area (Å²) >= 11 is 1.08. The highest BCUT2D eigenvalue weighted by Gasteiger charge is 2.33. The fraction of sp³-hybridized carbons (Fsp3) is 0.273. The van der Waals surface area contributed by atoms with E-state index in [4.69, 9.17) is 4.74 Å². The van der Waals surface area contributed by atoms with Crippen LogP contribution in [0.2, 0.25) is 0 Å². The first kappa shape index (κ1) is 21.0. The zero-order valence-electron chi connectivity index (χ0n) is 17.8. The van der Waals surface area contributed by atoms with Crippen molar-refractivity contribution in [3.63, 3.8) is 0 Å². The number of aryl methyl sites for hydroxylation is 2. The Balaban J connectivity index is 1.29. The summed E-state index contributed by atoms with van der Waals surface area (Å²) in [6.45, 7) is 1.73. The monoisotopic (exact) mass is 466 g/mol. The minimum atomic E-state index is -0.716. The Labute approximate surface area is 190 Å². The molecule has 33 heavy (non-hydrogen) atoms. The average molecular weight is 466 g/mol. The Morgan fingerprint density at radius 1 is 1.18 bits per heavy atom. The van der Waals surface area contributed by atoms with Crippen molar-refractivity contribution in [3.05, 3.63) is 55.9 Å². The Morgan fingerprint density at radius 2 is 1.94 bits per heavy atom. The lowest BCUT2D eigenvalue weighted by atomic mass is 10.1. The first-order chi connectivity index (χ1) is 15.8. The van der Waals surface area contributed by atoms with Gasteiger partial charge in [-0.25, -0.2) is 9.78 Å². The van der Waals surface area contributed by atoms with Crippen LogP contribution in [0.3, 0.4) is 0 Å². The van der Waals surface area contributed by atoms with Gasteiger partial charge in [0, 0.05) is 25.7 Å². The van der Waals surface area contributed by atoms with E-state index in [0.717, 1.165) is 29.1 Å². The third kappa shape index (κ3) is 3.32. The number of thiophene rings is 1. The van der Waals surface area contributed by atoms with Crippen molar-refractivity contribution < 1.29 is 23.9 Å². The second-order valence-electron chi connectivity index (χ2n) is 7.88. The zero-order valence-corrected chi connectivity index (χ0v) is 18.6. The summed E-state index contributed by atoms with van der Waals surface area (Å²) in [6.07, 6.45) is 1.59. The molecule has 0 saturated heterocycles. The van der Waals surface area contributed by atoms with E-state index >= 15 is 0 Å². The Kier molecular flexibility index (Phi) is 4.85. The summed E-state index contributed by atoms with van der Waals surface area (Å²) < 4.78 is 6.79. The summed E-state index contributed by atoms with van der Waals surface area (Å²) in [7, 11) is 1.38. The Hall–Kier alpha value is -3.86. The largest absolute Gasteiger partial charge is 0.451 e. The van der Waals surface area contributed by atoms with Gasteiger partial charge in [0.2, 0.25) is 0 Å². The van der Waals surface area contributed by atoms with Gasteiger partial charge < -0.3 is 10.1 Å². The zero-order chi connectivity index (χ0) is 23.4. The Bertz CT molecular complexity index is 1450. The number of rotatable bonds is 4. The van der Waals surface area contributed by atoms with E-state index in [1.807, 2.05) is 0 Å². The number of hydrogen-bond donors (Lipinski definition) is 1. The summed E-state index contributed by atoms with van der Waals surface area (Å²) in [5, 5.41) is 2.96. The highest BCUT2D eigenvalue weighted by Crippen LogP contribution is 2.29. The SMILES string of the molecule is Cc1c(C(=O)OCC(=O)Nc2ccc3c(c2)C(=O)N(C)C3=O)sc2nc3n(c(=O)c12)CCC3. The minimum absolute atomic E-state index is 0.159. The number of hydrogen-bond acceptors (Lipinski definition) is 8. The number of nitrogens with zero attached hydrogens (tertiary/aromatic N) is 3. The molecule has 2 aliphatic heterocycles. The molecule has 3 aromatic rings. The maximum absolute atomic E-state index is 12.8. The van der Waals surface area contributed by atoms with E-state index in [2.05, 4.69) is 10.3 Å². The highest BCUT2D eigenvalue weighted by atomic mass is 32.1. The number of anilines is 1. The van der Waals surface area contributed by atoms with Gasteiger partial charge in [-0.05, 0) is 37.1 Å². The van der Waals surface area contributed by atoms with Crippen LogP contribution in [-0.2, 0) is 22.5 Å². The van der Waals surface area contributed by atoms with Gasteiger partial charge in [-0.3, -0.25) is 28.6 Å². The van der Waals surface area contributed by atoms with E-state index in [0.29, 0.717) is 33.8 Å². The van der Waals surface area contributed by atoms with Crippen LogP contribution in [0.1, 0.15) is 48.2 Å². The number of aromatic nitrogens is 2. The number of nitrogens with one attached hydrogen (secondary N) is 1. The fourth-order valence-electron chi connectivity index (χ4n) is 4.10. The molecule has 0 aliphatic carbocycles. The van der Waals surface area contributed by atoms with Gasteiger partial charge in [0.25, 0.3) is 23.3 Å². The molecule has 0 spiro atoms. The average Bonchev–Trinajstić information content (AvgIpc) is 3.45. The maximum Gasteiger partial charge on any atom is 0.349 e. The summed E-state index contributed by atoms with van der Waals surface area (Å²) in [5.74, 6) is -1.46. The van der Waals surface area contributed by atoms with Gasteiger partial charge in [-0.2, -0.15) is 0 Å². The van der Waals surface area contributed by atoms with E-state index in [-0.39, 0.29) is 21.6 Å². The molecule has 1 aromatic carbocycles. The smallest absolute Gasteiger partial charge is 0.349 e. The number of amides is 3. The van der Waals surface area contributed by atoms with Crippen LogP contribution >= 0.6 is 11.3 Å². The normalized spacial score (nSPS) is 14.5. The minimum Gasteiger partial charge on any atom is -0.451 e. The van der Waals surface area contributed by atoms with E-state index in [9.17, 15) is 24.0 Å². The van der Waals surface area contributed by atoms with Crippen LogP contribution in [0.15, 0.2) is 23.0 Å². The number of imide groups is 1. The molecule has 2 aromatic heterocycles. The molecule has 0 saturated carbocycles. The second kappa shape index (κ2) is 7.62. The van der Waals surface area contributed by atoms with Crippen molar-refractivity contribution in [2.24, 2.45) is 0 Å². The van der Waals surface area contributed by atoms with Crippen LogP contribution in [-0.4, -0.2) is 51.8 Å². The van der Waals surface area contributed by atoms with Crippen molar-refractivity contribution in [1.29, 1.82) is 0 Å². The van der Waals surface area contributed by atoms with Crippen LogP contribution in [0.4, 0.5) is 5.69 Å². The van der Waals surface area contributed by atoms with E-state index in [1.54, 1.807) is 11.5 Å². The number of ether oxygens (including phenoxy) is 1. The van der Waals surface area contributed by atoms with E-state index < -0.39 is 30.3 Å². The molecule has 0 atom stereocenters. The molecule has 0 radical (unpaired) electrons. The molecular formula is C22H18N4O6S. The van der Waals surface area contributed by atoms with Crippen molar-refractivity contribution >= 4 is 50.9 Å². The van der Waals surface area contributed by atoms with E-state index in [1.165, 1.54) is 25.2 Å². The quantitative estimate of drug-likeness (QED) is 0.458. The van der Waals surface area contributed by atoms with Crippen LogP contribution < -0.4 is 10.9 Å². The lowest BCUT2D eigenvalue weighted by Gasteiger charge is -2.07. The van der Waals surface area contributed by atoms with Crippen molar-refractivity contribution in [2.75, 3.05) is 19.0 Å². The van der Waals surface area contributed by atoms with Crippen LogP contribution in [0.25, 0.3) is 10.2 Å². The predicted molar refractivity (Wildman–Crippen MR) is 119 cm³/mol. The third-order valence-electron chi connectivity index (χ3n) is 5.80. The molecular weight excluding hydrogens is 448 g/mol. The molecule has 1 N–H and O–H groups in total. The highest BCUT2D eigenvalue weighted by molar-refractivity contribution is 7.20. The summed E-state index contributed by atoms with van der Waals surface area (Å²) in [6, 6.07) is 4.37. The first-order valence-electron chi connectivity index (χ1n) is 10.2. The number of esters is 1. The maximum atomic E-state index is 12.8. The van der Waals surface area contributed by atoms with Gasteiger partial charge in [0.1, 0.15) is 15.5 Å². The molecule has 3 amide bonds. The summed E-state index contributed by atoms with van der Waals surface area (Å²) in [5.41, 5.74) is 1.10. The Morgan fingerprint density at radius 3 is 2.73 bits per heavy atom. The lowest BCUT2D eigenvalue weighted by Crippen LogP contribution is -2.24. The van der Waals surface area contributed by atoms with Gasteiger partial charge >= 0.3 is 5.97 Å². The van der Waals surface area contributed by atoms with Crippen LogP contribution in [0, 0.1) is 6.92 Å². The van der Waals surface area contributed by atoms with Gasteiger partial charge in [-0.1, -0.05) is 0 Å². The second-order valence-corrected chi connectivity index (χ2v) is 8.88. The number of benzene rings is 1. The van der Waals surface area contributed by atoms with Gasteiger partial charge in [0.05, 0.1) is 16.5 Å². The number of fused-ring (bicyclic) bond motifs is 3. The van der Waals surface area contributed by atoms with Crippen molar-refractivity contribution in [3.8, 4) is 0 Å². The molecule has 2 aliphatic rings. The van der Waals surface area contributed by atoms with Crippen molar-refractivity contribution in [2.45, 2.75) is 26.3 Å². The molecule has 168 valence electrons. The first-order valence-corrected chi connectivity index (χ1v) is 11.0. The third-order valence-corrected chi connectivity index (χ3v) is 6.97. The van der Waals surface area contributed by atoms with Crippen molar-refractivity contribution in [1.82, 2.24) is 14.5 Å². The molecule has 4 heterocycles. The fourth-order valence-corrected chi connectivity index (χ4v) is 5.19. The number of carbonyl (C=O) groups excluding carboxylic acids is 4. The topological polar surface area (TPSA) is 128 Å². The van der Waals surface area contributed by atoms with Crippen LogP contribution in [0.5, 0.6) is 0 Å². The number of carbonyl (C=O) groups is 4. The molecule has 5 rings (SSSR count).